The molecule has 1 aromatic rings. The van der Waals surface area contributed by atoms with Gasteiger partial charge < -0.3 is 18.9 Å². The molecule has 154 valence electrons. The molecule has 0 amide bonds. The fraction of sp³-hybridized carbons (Fsp3) is 0.545. The van der Waals surface area contributed by atoms with Crippen LogP contribution in [0.5, 0.6) is 11.5 Å². The van der Waals surface area contributed by atoms with Crippen molar-refractivity contribution in [2.45, 2.75) is 44.0 Å². The molecular weight excluding hydrogens is 384 g/mol. The highest BCUT2D eigenvalue weighted by molar-refractivity contribution is 5.89. The first kappa shape index (κ1) is 20.0. The van der Waals surface area contributed by atoms with Gasteiger partial charge in [0, 0.05) is 6.42 Å². The van der Waals surface area contributed by atoms with E-state index in [4.69, 9.17) is 24.4 Å². The van der Waals surface area contributed by atoms with Gasteiger partial charge in [0.15, 0.2) is 16.9 Å². The third-order valence-corrected chi connectivity index (χ3v) is 6.78. The molecule has 3 fully saturated rings. The lowest BCUT2D eigenvalue weighted by Gasteiger charge is -2.49. The lowest BCUT2D eigenvalue weighted by Crippen LogP contribution is -2.59. The Morgan fingerprint density at radius 1 is 1.03 bits per heavy atom. The van der Waals surface area contributed by atoms with Crippen LogP contribution in [0.1, 0.15) is 43.8 Å². The molecule has 4 unspecified atom stereocenters. The van der Waals surface area contributed by atoms with Crippen LogP contribution in [0.4, 0.5) is 0 Å². The standard InChI is InChI=1S/C22H22N4O4/c1-27-15-8-7-14(10-16(15)28-2)18-20(11-23,12-24)21(13-25)17-6-4-3-5-9-22(17,29-18)30-19(21)26/h7-8,10,17-18,26H,3-6,9H2,1-2H3. The summed E-state index contributed by atoms with van der Waals surface area (Å²) in [5.41, 5.74) is -3.17. The summed E-state index contributed by atoms with van der Waals surface area (Å²) in [4.78, 5) is 0. The van der Waals surface area contributed by atoms with Crippen molar-refractivity contribution in [3.8, 4) is 29.7 Å². The number of hydrogen-bond acceptors (Lipinski definition) is 8. The molecule has 1 N–H and O–H groups in total. The first-order chi connectivity index (χ1) is 14.5. The zero-order chi connectivity index (χ0) is 21.6. The number of methoxy groups -OCH3 is 2. The molecule has 1 saturated carbocycles. The van der Waals surface area contributed by atoms with E-state index in [0.29, 0.717) is 29.9 Å². The van der Waals surface area contributed by atoms with Crippen molar-refractivity contribution in [2.75, 3.05) is 14.2 Å². The second kappa shape index (κ2) is 6.90. The summed E-state index contributed by atoms with van der Waals surface area (Å²) in [5, 5.41) is 39.5. The molecule has 30 heavy (non-hydrogen) atoms. The molecule has 0 radical (unpaired) electrons. The van der Waals surface area contributed by atoms with Crippen molar-refractivity contribution >= 4 is 5.90 Å². The number of nitriles is 3. The first-order valence-corrected chi connectivity index (χ1v) is 9.90. The van der Waals surface area contributed by atoms with Gasteiger partial charge in [0.25, 0.3) is 0 Å². The quantitative estimate of drug-likeness (QED) is 0.811. The second-order valence-corrected chi connectivity index (χ2v) is 7.96. The van der Waals surface area contributed by atoms with E-state index < -0.39 is 28.6 Å². The topological polar surface area (TPSA) is 132 Å². The molecule has 2 bridgehead atoms. The van der Waals surface area contributed by atoms with Gasteiger partial charge in [-0.2, -0.15) is 15.8 Å². The van der Waals surface area contributed by atoms with E-state index in [0.717, 1.165) is 19.3 Å². The van der Waals surface area contributed by atoms with E-state index in [1.807, 2.05) is 0 Å². The molecule has 2 heterocycles. The minimum atomic E-state index is -1.95. The van der Waals surface area contributed by atoms with E-state index in [2.05, 4.69) is 18.2 Å². The molecule has 0 aromatic heterocycles. The van der Waals surface area contributed by atoms with Crippen molar-refractivity contribution in [3.63, 3.8) is 0 Å². The first-order valence-electron chi connectivity index (χ1n) is 9.90. The number of ether oxygens (including phenoxy) is 4. The lowest BCUT2D eigenvalue weighted by atomic mass is 9.52. The fourth-order valence-corrected chi connectivity index (χ4v) is 5.35. The van der Waals surface area contributed by atoms with Crippen LogP contribution in [-0.4, -0.2) is 25.9 Å². The largest absolute Gasteiger partial charge is 0.493 e. The van der Waals surface area contributed by atoms with Crippen LogP contribution in [-0.2, 0) is 9.47 Å². The molecule has 1 aromatic carbocycles. The predicted molar refractivity (Wildman–Crippen MR) is 103 cm³/mol. The highest BCUT2D eigenvalue weighted by Crippen LogP contribution is 2.69. The molecule has 1 aliphatic carbocycles. The Bertz CT molecular complexity index is 1010. The third-order valence-electron chi connectivity index (χ3n) is 6.78. The van der Waals surface area contributed by atoms with Gasteiger partial charge in [-0.15, -0.1) is 0 Å². The maximum absolute atomic E-state index is 10.3. The van der Waals surface area contributed by atoms with Gasteiger partial charge in [-0.05, 0) is 30.5 Å². The Kier molecular flexibility index (Phi) is 4.60. The summed E-state index contributed by atoms with van der Waals surface area (Å²) in [6.07, 6.45) is 2.54. The Morgan fingerprint density at radius 2 is 1.77 bits per heavy atom. The highest BCUT2D eigenvalue weighted by atomic mass is 16.7. The van der Waals surface area contributed by atoms with Crippen molar-refractivity contribution in [3.05, 3.63) is 23.8 Å². The molecule has 4 rings (SSSR count). The molecule has 8 nitrogen and oxygen atoms in total. The predicted octanol–water partition coefficient (Wildman–Crippen LogP) is 3.60. The average molecular weight is 406 g/mol. The van der Waals surface area contributed by atoms with Gasteiger partial charge in [-0.1, -0.05) is 18.9 Å². The lowest BCUT2D eigenvalue weighted by molar-refractivity contribution is -0.284. The summed E-state index contributed by atoms with van der Waals surface area (Å²) in [6.45, 7) is 0. The van der Waals surface area contributed by atoms with Crippen LogP contribution in [0.3, 0.4) is 0 Å². The molecular formula is C22H22N4O4. The summed E-state index contributed by atoms with van der Waals surface area (Å²) in [7, 11) is 3.00. The average Bonchev–Trinajstić information content (AvgIpc) is 2.90. The van der Waals surface area contributed by atoms with Gasteiger partial charge in [-0.25, -0.2) is 0 Å². The van der Waals surface area contributed by atoms with Crippen LogP contribution in [0, 0.1) is 56.2 Å². The summed E-state index contributed by atoms with van der Waals surface area (Å²) in [5.74, 6) is -1.19. The SMILES string of the molecule is COc1ccc(C2OC34CCCCCC3C(C#N)(C(=N)O4)C2(C#N)C#N)cc1OC. The number of benzene rings is 1. The number of hydrogen-bond donors (Lipinski definition) is 1. The Morgan fingerprint density at radius 3 is 2.40 bits per heavy atom. The maximum atomic E-state index is 10.3. The molecule has 0 spiro atoms. The molecule has 8 heteroatoms. The van der Waals surface area contributed by atoms with Gasteiger partial charge in [0.05, 0.1) is 38.3 Å². The van der Waals surface area contributed by atoms with Crippen LogP contribution in [0.25, 0.3) is 0 Å². The van der Waals surface area contributed by atoms with Crippen LogP contribution < -0.4 is 9.47 Å². The zero-order valence-corrected chi connectivity index (χ0v) is 16.9. The highest BCUT2D eigenvalue weighted by Gasteiger charge is 2.80. The van der Waals surface area contributed by atoms with E-state index in [-0.39, 0.29) is 5.90 Å². The minimum Gasteiger partial charge on any atom is -0.493 e. The van der Waals surface area contributed by atoms with E-state index in [1.165, 1.54) is 14.2 Å². The summed E-state index contributed by atoms with van der Waals surface area (Å²) >= 11 is 0. The fourth-order valence-electron chi connectivity index (χ4n) is 5.35. The third kappa shape index (κ3) is 2.24. The maximum Gasteiger partial charge on any atom is 0.217 e. The Hall–Kier alpha value is -3.28. The van der Waals surface area contributed by atoms with E-state index in [1.54, 1.807) is 18.2 Å². The Balaban J connectivity index is 1.97. The van der Waals surface area contributed by atoms with Gasteiger partial charge >= 0.3 is 0 Å². The van der Waals surface area contributed by atoms with Crippen molar-refractivity contribution < 1.29 is 18.9 Å². The zero-order valence-electron chi connectivity index (χ0n) is 16.9. The second-order valence-electron chi connectivity index (χ2n) is 7.96. The van der Waals surface area contributed by atoms with Crippen molar-refractivity contribution in [1.82, 2.24) is 0 Å². The summed E-state index contributed by atoms with van der Waals surface area (Å²) < 4.78 is 23.1. The van der Waals surface area contributed by atoms with Crippen LogP contribution in [0.2, 0.25) is 0 Å². The van der Waals surface area contributed by atoms with E-state index >= 15 is 0 Å². The van der Waals surface area contributed by atoms with Crippen molar-refractivity contribution in [2.24, 2.45) is 16.7 Å². The monoisotopic (exact) mass is 406 g/mol. The van der Waals surface area contributed by atoms with Gasteiger partial charge in [0.2, 0.25) is 17.1 Å². The Labute approximate surface area is 175 Å². The molecule has 2 aliphatic heterocycles. The number of nitrogens with one attached hydrogen (secondary N) is 1. The summed E-state index contributed by atoms with van der Waals surface area (Å²) in [6, 6.07) is 11.4. The minimum absolute atomic E-state index is 0.344. The van der Waals surface area contributed by atoms with Gasteiger partial charge in [0.1, 0.15) is 6.10 Å². The number of rotatable bonds is 3. The van der Waals surface area contributed by atoms with Crippen molar-refractivity contribution in [1.29, 1.82) is 21.2 Å². The van der Waals surface area contributed by atoms with Crippen LogP contribution >= 0.6 is 0 Å². The molecule has 3 aliphatic rings. The van der Waals surface area contributed by atoms with Crippen LogP contribution in [0.15, 0.2) is 18.2 Å². The van der Waals surface area contributed by atoms with E-state index in [9.17, 15) is 15.8 Å². The normalized spacial score (nSPS) is 33.6. The molecule has 4 atom stereocenters. The molecule has 2 saturated heterocycles. The van der Waals surface area contributed by atoms with Gasteiger partial charge in [-0.3, -0.25) is 5.41 Å². The smallest absolute Gasteiger partial charge is 0.217 e. The number of nitrogens with zero attached hydrogens (tertiary/aromatic N) is 3.